The standard InChI is InChI=1S/C8H14Br2/c1-2-6-4-3-5-7(9)8(6)10/h6-8H,2-5H2,1H3. The van der Waals surface area contributed by atoms with Crippen molar-refractivity contribution >= 4 is 31.9 Å². The Kier molecular flexibility index (Phi) is 3.71. The zero-order valence-electron chi connectivity index (χ0n) is 6.32. The van der Waals surface area contributed by atoms with Crippen molar-refractivity contribution in [1.29, 1.82) is 0 Å². The van der Waals surface area contributed by atoms with Crippen molar-refractivity contribution < 1.29 is 0 Å². The van der Waals surface area contributed by atoms with E-state index in [1.54, 1.807) is 0 Å². The molecule has 0 aliphatic heterocycles. The van der Waals surface area contributed by atoms with Crippen LogP contribution in [-0.4, -0.2) is 9.65 Å². The molecule has 1 rings (SSSR count). The van der Waals surface area contributed by atoms with Crippen LogP contribution in [0.2, 0.25) is 0 Å². The maximum atomic E-state index is 3.73. The first kappa shape index (κ1) is 9.05. The lowest BCUT2D eigenvalue weighted by molar-refractivity contribution is 0.376. The molecule has 0 heterocycles. The van der Waals surface area contributed by atoms with Gasteiger partial charge in [0.1, 0.15) is 0 Å². The fourth-order valence-corrected chi connectivity index (χ4v) is 3.28. The molecule has 0 nitrogen and oxygen atoms in total. The zero-order chi connectivity index (χ0) is 7.56. The summed E-state index contributed by atoms with van der Waals surface area (Å²) in [6, 6.07) is 0. The molecule has 0 bridgehead atoms. The summed E-state index contributed by atoms with van der Waals surface area (Å²) in [5, 5.41) is 0. The molecule has 1 aliphatic carbocycles. The first-order valence-electron chi connectivity index (χ1n) is 4.03. The molecule has 60 valence electrons. The molecule has 0 N–H and O–H groups in total. The van der Waals surface area contributed by atoms with Crippen LogP contribution in [0.25, 0.3) is 0 Å². The predicted molar refractivity (Wildman–Crippen MR) is 53.1 cm³/mol. The number of alkyl halides is 2. The topological polar surface area (TPSA) is 0 Å². The monoisotopic (exact) mass is 268 g/mol. The van der Waals surface area contributed by atoms with Gasteiger partial charge in [-0.15, -0.1) is 0 Å². The van der Waals surface area contributed by atoms with Crippen LogP contribution in [0.1, 0.15) is 32.6 Å². The Balaban J connectivity index is 2.42. The van der Waals surface area contributed by atoms with E-state index in [4.69, 9.17) is 0 Å². The van der Waals surface area contributed by atoms with Gasteiger partial charge in [-0.2, -0.15) is 0 Å². The molecule has 0 amide bonds. The van der Waals surface area contributed by atoms with Crippen LogP contribution in [-0.2, 0) is 0 Å². The van der Waals surface area contributed by atoms with Gasteiger partial charge in [0.05, 0.1) is 0 Å². The molecule has 3 unspecified atom stereocenters. The number of rotatable bonds is 1. The summed E-state index contributed by atoms with van der Waals surface area (Å²) >= 11 is 7.42. The second-order valence-corrected chi connectivity index (χ2v) is 5.29. The Bertz CT molecular complexity index is 103. The molecule has 0 aromatic heterocycles. The second-order valence-electron chi connectivity index (χ2n) is 3.06. The van der Waals surface area contributed by atoms with Crippen LogP contribution in [0.15, 0.2) is 0 Å². The molecular formula is C8H14Br2. The molecule has 0 radical (unpaired) electrons. The molecule has 3 atom stereocenters. The van der Waals surface area contributed by atoms with E-state index >= 15 is 0 Å². The third-order valence-electron chi connectivity index (χ3n) is 2.38. The molecule has 0 spiro atoms. The highest BCUT2D eigenvalue weighted by molar-refractivity contribution is 9.12. The highest BCUT2D eigenvalue weighted by Crippen LogP contribution is 2.35. The van der Waals surface area contributed by atoms with Gasteiger partial charge in [0.25, 0.3) is 0 Å². The Morgan fingerprint density at radius 3 is 2.50 bits per heavy atom. The Hall–Kier alpha value is 0.960. The predicted octanol–water partition coefficient (Wildman–Crippen LogP) is 3.72. The number of halogens is 2. The normalized spacial score (nSPS) is 41.7. The van der Waals surface area contributed by atoms with Crippen LogP contribution in [0.3, 0.4) is 0 Å². The molecule has 2 heteroatoms. The molecule has 1 saturated carbocycles. The third-order valence-corrected chi connectivity index (χ3v) is 5.50. The van der Waals surface area contributed by atoms with Crippen molar-refractivity contribution in [2.45, 2.75) is 42.3 Å². The van der Waals surface area contributed by atoms with E-state index in [2.05, 4.69) is 38.8 Å². The van der Waals surface area contributed by atoms with Gasteiger partial charge in [0.2, 0.25) is 0 Å². The van der Waals surface area contributed by atoms with Gasteiger partial charge in [-0.05, 0) is 18.8 Å². The SMILES string of the molecule is CCC1CCCC(Br)C1Br. The van der Waals surface area contributed by atoms with E-state index in [1.165, 1.54) is 25.7 Å². The molecular weight excluding hydrogens is 256 g/mol. The molecule has 0 saturated heterocycles. The van der Waals surface area contributed by atoms with Crippen molar-refractivity contribution in [2.75, 3.05) is 0 Å². The van der Waals surface area contributed by atoms with Crippen molar-refractivity contribution in [3.63, 3.8) is 0 Å². The lowest BCUT2D eigenvalue weighted by Crippen LogP contribution is -2.28. The summed E-state index contributed by atoms with van der Waals surface area (Å²) in [5.41, 5.74) is 0. The van der Waals surface area contributed by atoms with Crippen molar-refractivity contribution in [2.24, 2.45) is 5.92 Å². The van der Waals surface area contributed by atoms with Gasteiger partial charge < -0.3 is 0 Å². The Labute approximate surface area is 80.0 Å². The maximum absolute atomic E-state index is 3.73. The first-order valence-corrected chi connectivity index (χ1v) is 5.87. The minimum atomic E-state index is 0.714. The zero-order valence-corrected chi connectivity index (χ0v) is 9.49. The molecule has 0 aromatic carbocycles. The fourth-order valence-electron chi connectivity index (χ4n) is 1.62. The number of hydrogen-bond donors (Lipinski definition) is 0. The summed E-state index contributed by atoms with van der Waals surface area (Å²) < 4.78 is 0. The first-order chi connectivity index (χ1) is 4.75. The van der Waals surface area contributed by atoms with E-state index in [0.717, 1.165) is 5.92 Å². The number of hydrogen-bond acceptors (Lipinski definition) is 0. The minimum Gasteiger partial charge on any atom is -0.0878 e. The average molecular weight is 270 g/mol. The van der Waals surface area contributed by atoms with Crippen LogP contribution in [0.5, 0.6) is 0 Å². The van der Waals surface area contributed by atoms with E-state index in [1.807, 2.05) is 0 Å². The summed E-state index contributed by atoms with van der Waals surface area (Å²) in [6.45, 7) is 2.28. The van der Waals surface area contributed by atoms with E-state index in [-0.39, 0.29) is 0 Å². The lowest BCUT2D eigenvalue weighted by atomic mass is 9.87. The van der Waals surface area contributed by atoms with Crippen LogP contribution >= 0.6 is 31.9 Å². The maximum Gasteiger partial charge on any atom is 0.0299 e. The summed E-state index contributed by atoms with van der Waals surface area (Å²) in [7, 11) is 0. The van der Waals surface area contributed by atoms with Gasteiger partial charge in [0, 0.05) is 9.65 Å². The largest absolute Gasteiger partial charge is 0.0878 e. The second kappa shape index (κ2) is 4.10. The molecule has 0 aromatic rings. The van der Waals surface area contributed by atoms with E-state index in [9.17, 15) is 0 Å². The van der Waals surface area contributed by atoms with E-state index in [0.29, 0.717) is 9.65 Å². The van der Waals surface area contributed by atoms with Gasteiger partial charge in [-0.3, -0.25) is 0 Å². The Morgan fingerprint density at radius 1 is 1.30 bits per heavy atom. The van der Waals surface area contributed by atoms with Crippen LogP contribution in [0.4, 0.5) is 0 Å². The summed E-state index contributed by atoms with van der Waals surface area (Å²) in [6.07, 6.45) is 5.47. The lowest BCUT2D eigenvalue weighted by Gasteiger charge is -2.30. The highest BCUT2D eigenvalue weighted by atomic mass is 79.9. The molecule has 1 aliphatic rings. The van der Waals surface area contributed by atoms with Crippen LogP contribution < -0.4 is 0 Å². The minimum absolute atomic E-state index is 0.714. The van der Waals surface area contributed by atoms with Crippen molar-refractivity contribution in [1.82, 2.24) is 0 Å². The quantitative estimate of drug-likeness (QED) is 0.637. The third kappa shape index (κ3) is 1.97. The summed E-state index contributed by atoms with van der Waals surface area (Å²) in [4.78, 5) is 1.43. The van der Waals surface area contributed by atoms with Gasteiger partial charge in [-0.1, -0.05) is 51.6 Å². The van der Waals surface area contributed by atoms with Gasteiger partial charge in [-0.25, -0.2) is 0 Å². The van der Waals surface area contributed by atoms with Gasteiger partial charge >= 0.3 is 0 Å². The molecule has 10 heavy (non-hydrogen) atoms. The Morgan fingerprint density at radius 2 is 2.00 bits per heavy atom. The van der Waals surface area contributed by atoms with E-state index < -0.39 is 0 Å². The summed E-state index contributed by atoms with van der Waals surface area (Å²) in [5.74, 6) is 0.901. The van der Waals surface area contributed by atoms with Crippen molar-refractivity contribution in [3.8, 4) is 0 Å². The van der Waals surface area contributed by atoms with Gasteiger partial charge in [0.15, 0.2) is 0 Å². The smallest absolute Gasteiger partial charge is 0.0299 e. The molecule has 1 fully saturated rings. The average Bonchev–Trinajstić information content (AvgIpc) is 1.95. The van der Waals surface area contributed by atoms with Crippen molar-refractivity contribution in [3.05, 3.63) is 0 Å². The highest BCUT2D eigenvalue weighted by Gasteiger charge is 2.27. The van der Waals surface area contributed by atoms with Crippen LogP contribution in [0, 0.1) is 5.92 Å². The fraction of sp³-hybridized carbons (Fsp3) is 1.00.